The lowest BCUT2D eigenvalue weighted by Crippen LogP contribution is -2.20. The zero-order chi connectivity index (χ0) is 17.1. The maximum absolute atomic E-state index is 12.1. The van der Waals surface area contributed by atoms with E-state index in [1.807, 2.05) is 56.3 Å². The number of hydrogen-bond donors (Lipinski definition) is 1. The highest BCUT2D eigenvalue weighted by atomic mass is 16.3. The number of amides is 1. The fourth-order valence-corrected chi connectivity index (χ4v) is 2.69. The molecular formula is C20H22N2O2. The van der Waals surface area contributed by atoms with E-state index in [9.17, 15) is 4.79 Å². The van der Waals surface area contributed by atoms with Crippen molar-refractivity contribution in [1.82, 2.24) is 4.98 Å². The van der Waals surface area contributed by atoms with Gasteiger partial charge in [-0.1, -0.05) is 26.3 Å². The van der Waals surface area contributed by atoms with Crippen LogP contribution in [0.5, 0.6) is 0 Å². The number of oxazole rings is 1. The van der Waals surface area contributed by atoms with Crippen molar-refractivity contribution in [2.45, 2.75) is 33.6 Å². The summed E-state index contributed by atoms with van der Waals surface area (Å²) in [6.07, 6.45) is 1.90. The van der Waals surface area contributed by atoms with E-state index in [1.165, 1.54) is 0 Å². The number of hydrogen-bond acceptors (Lipinski definition) is 3. The summed E-state index contributed by atoms with van der Waals surface area (Å²) >= 11 is 0. The number of aryl methyl sites for hydroxylation is 1. The fourth-order valence-electron chi connectivity index (χ4n) is 2.69. The van der Waals surface area contributed by atoms with E-state index in [-0.39, 0.29) is 11.8 Å². The number of rotatable bonds is 5. The summed E-state index contributed by atoms with van der Waals surface area (Å²) < 4.78 is 5.80. The van der Waals surface area contributed by atoms with Crippen molar-refractivity contribution in [1.29, 1.82) is 0 Å². The van der Waals surface area contributed by atoms with Crippen LogP contribution in [0.2, 0.25) is 0 Å². The first kappa shape index (κ1) is 16.2. The molecule has 24 heavy (non-hydrogen) atoms. The molecule has 0 fully saturated rings. The molecule has 3 rings (SSSR count). The number of nitrogens with one attached hydrogen (secondary N) is 1. The van der Waals surface area contributed by atoms with Crippen LogP contribution in [-0.4, -0.2) is 10.9 Å². The number of nitrogens with zero attached hydrogens (tertiary/aromatic N) is 1. The monoisotopic (exact) mass is 322 g/mol. The summed E-state index contributed by atoms with van der Waals surface area (Å²) in [6, 6.07) is 13.5. The Labute approximate surface area is 141 Å². The first-order chi connectivity index (χ1) is 11.6. The van der Waals surface area contributed by atoms with Gasteiger partial charge in [0, 0.05) is 17.2 Å². The van der Waals surface area contributed by atoms with Gasteiger partial charge in [-0.3, -0.25) is 4.79 Å². The van der Waals surface area contributed by atoms with Crippen LogP contribution in [0.15, 0.2) is 46.9 Å². The van der Waals surface area contributed by atoms with Gasteiger partial charge in [-0.05, 0) is 55.3 Å². The van der Waals surface area contributed by atoms with Gasteiger partial charge < -0.3 is 9.73 Å². The Kier molecular flexibility index (Phi) is 4.65. The summed E-state index contributed by atoms with van der Waals surface area (Å²) in [4.78, 5) is 16.6. The molecular weight excluding hydrogens is 300 g/mol. The second-order valence-electron chi connectivity index (χ2n) is 6.25. The topological polar surface area (TPSA) is 55.1 Å². The van der Waals surface area contributed by atoms with Crippen molar-refractivity contribution < 1.29 is 9.21 Å². The Morgan fingerprint density at radius 2 is 1.96 bits per heavy atom. The first-order valence-electron chi connectivity index (χ1n) is 8.35. The van der Waals surface area contributed by atoms with E-state index in [0.717, 1.165) is 40.8 Å². The minimum Gasteiger partial charge on any atom is -0.436 e. The lowest BCUT2D eigenvalue weighted by atomic mass is 10.1. The van der Waals surface area contributed by atoms with Crippen LogP contribution in [0, 0.1) is 12.8 Å². The fraction of sp³-hybridized carbons (Fsp3) is 0.300. The average Bonchev–Trinajstić information content (AvgIpc) is 2.98. The third-order valence-electron chi connectivity index (χ3n) is 4.11. The molecule has 4 heteroatoms. The molecule has 3 aromatic rings. The van der Waals surface area contributed by atoms with Gasteiger partial charge in [0.25, 0.3) is 0 Å². The molecule has 0 aliphatic heterocycles. The van der Waals surface area contributed by atoms with E-state index in [0.29, 0.717) is 5.89 Å². The molecule has 1 amide bonds. The molecule has 1 aromatic heterocycles. The molecule has 0 aliphatic rings. The SMILES string of the molecule is CCC[C@@H](C)C(=O)Nc1ccc(-c2nc3cc(C)ccc3o2)cc1. The minimum absolute atomic E-state index is 0.0231. The number of aromatic nitrogens is 1. The van der Waals surface area contributed by atoms with E-state index >= 15 is 0 Å². The molecule has 2 aromatic carbocycles. The van der Waals surface area contributed by atoms with Gasteiger partial charge in [-0.2, -0.15) is 0 Å². The molecule has 1 N–H and O–H groups in total. The zero-order valence-electron chi connectivity index (χ0n) is 14.3. The zero-order valence-corrected chi connectivity index (χ0v) is 14.3. The van der Waals surface area contributed by atoms with Gasteiger partial charge in [0.05, 0.1) is 0 Å². The molecule has 0 bridgehead atoms. The van der Waals surface area contributed by atoms with Crippen LogP contribution in [0.1, 0.15) is 32.3 Å². The quantitative estimate of drug-likeness (QED) is 0.704. The highest BCUT2D eigenvalue weighted by molar-refractivity contribution is 5.92. The number of anilines is 1. The Morgan fingerprint density at radius 1 is 1.21 bits per heavy atom. The van der Waals surface area contributed by atoms with Gasteiger partial charge in [-0.15, -0.1) is 0 Å². The van der Waals surface area contributed by atoms with Gasteiger partial charge in [-0.25, -0.2) is 4.98 Å². The molecule has 0 unspecified atom stereocenters. The predicted molar refractivity (Wildman–Crippen MR) is 96.9 cm³/mol. The van der Waals surface area contributed by atoms with Crippen LogP contribution in [0.3, 0.4) is 0 Å². The molecule has 0 aliphatic carbocycles. The highest BCUT2D eigenvalue weighted by Gasteiger charge is 2.12. The Balaban J connectivity index is 1.77. The third-order valence-corrected chi connectivity index (χ3v) is 4.11. The van der Waals surface area contributed by atoms with Gasteiger partial charge >= 0.3 is 0 Å². The summed E-state index contributed by atoms with van der Waals surface area (Å²) in [6.45, 7) is 6.07. The normalized spacial score (nSPS) is 12.3. The van der Waals surface area contributed by atoms with E-state index in [2.05, 4.69) is 17.2 Å². The predicted octanol–water partition coefficient (Wildman–Crippen LogP) is 5.18. The maximum Gasteiger partial charge on any atom is 0.227 e. The van der Waals surface area contributed by atoms with Crippen LogP contribution >= 0.6 is 0 Å². The standard InChI is InChI=1S/C20H22N2O2/c1-4-5-14(3)19(23)21-16-9-7-15(8-10-16)20-22-17-12-13(2)6-11-18(17)24-20/h6-12,14H,4-5H2,1-3H3,(H,21,23)/t14-/m1/s1. The molecule has 0 radical (unpaired) electrons. The lowest BCUT2D eigenvalue weighted by molar-refractivity contribution is -0.119. The second-order valence-corrected chi connectivity index (χ2v) is 6.25. The molecule has 0 spiro atoms. The Hall–Kier alpha value is -2.62. The molecule has 1 heterocycles. The van der Waals surface area contributed by atoms with Crippen LogP contribution < -0.4 is 5.32 Å². The Morgan fingerprint density at radius 3 is 2.67 bits per heavy atom. The molecule has 4 nitrogen and oxygen atoms in total. The van der Waals surface area contributed by atoms with Crippen molar-refractivity contribution in [2.75, 3.05) is 5.32 Å². The van der Waals surface area contributed by atoms with Crippen LogP contribution in [0.4, 0.5) is 5.69 Å². The maximum atomic E-state index is 12.1. The van der Waals surface area contributed by atoms with Crippen LogP contribution in [-0.2, 0) is 4.79 Å². The van der Waals surface area contributed by atoms with Gasteiger partial charge in [0.15, 0.2) is 5.58 Å². The van der Waals surface area contributed by atoms with Crippen molar-refractivity contribution in [3.8, 4) is 11.5 Å². The Bertz CT molecular complexity index is 850. The van der Waals surface area contributed by atoms with E-state index in [1.54, 1.807) is 0 Å². The molecule has 0 saturated heterocycles. The van der Waals surface area contributed by atoms with Crippen molar-refractivity contribution >= 4 is 22.7 Å². The second kappa shape index (κ2) is 6.87. The average molecular weight is 322 g/mol. The molecule has 124 valence electrons. The van der Waals surface area contributed by atoms with Crippen molar-refractivity contribution in [2.24, 2.45) is 5.92 Å². The summed E-state index contributed by atoms with van der Waals surface area (Å²) in [5, 5.41) is 2.95. The largest absolute Gasteiger partial charge is 0.436 e. The van der Waals surface area contributed by atoms with Crippen molar-refractivity contribution in [3.05, 3.63) is 48.0 Å². The number of carbonyl (C=O) groups excluding carboxylic acids is 1. The highest BCUT2D eigenvalue weighted by Crippen LogP contribution is 2.26. The van der Waals surface area contributed by atoms with E-state index < -0.39 is 0 Å². The van der Waals surface area contributed by atoms with Crippen LogP contribution in [0.25, 0.3) is 22.6 Å². The van der Waals surface area contributed by atoms with Gasteiger partial charge in [0.2, 0.25) is 11.8 Å². The lowest BCUT2D eigenvalue weighted by Gasteiger charge is -2.11. The van der Waals surface area contributed by atoms with Crippen molar-refractivity contribution in [3.63, 3.8) is 0 Å². The minimum atomic E-state index is 0.0231. The van der Waals surface area contributed by atoms with Gasteiger partial charge in [0.1, 0.15) is 5.52 Å². The summed E-state index contributed by atoms with van der Waals surface area (Å²) in [5.74, 6) is 0.671. The molecule has 0 saturated carbocycles. The number of fused-ring (bicyclic) bond motifs is 1. The smallest absolute Gasteiger partial charge is 0.227 e. The number of benzene rings is 2. The van der Waals surface area contributed by atoms with E-state index in [4.69, 9.17) is 4.42 Å². The molecule has 1 atom stereocenters. The summed E-state index contributed by atoms with van der Waals surface area (Å²) in [7, 11) is 0. The first-order valence-corrected chi connectivity index (χ1v) is 8.35. The number of carbonyl (C=O) groups is 1. The summed E-state index contributed by atoms with van der Waals surface area (Å²) in [5.41, 5.74) is 4.47. The third kappa shape index (κ3) is 3.48.